The molecule has 1 aromatic carbocycles. The minimum Gasteiger partial charge on any atom is -0.399 e. The van der Waals surface area contributed by atoms with Crippen LogP contribution in [0.1, 0.15) is 16.8 Å². The van der Waals surface area contributed by atoms with Crippen LogP contribution < -0.4 is 5.73 Å². The van der Waals surface area contributed by atoms with Crippen molar-refractivity contribution in [1.82, 2.24) is 9.21 Å². The van der Waals surface area contributed by atoms with Crippen molar-refractivity contribution >= 4 is 21.6 Å². The molecular weight excluding hydrogens is 266 g/mol. The smallest absolute Gasteiger partial charge is 0.269 e. The Labute approximate surface area is 112 Å². The predicted molar refractivity (Wildman–Crippen MR) is 72.2 cm³/mol. The van der Waals surface area contributed by atoms with Crippen LogP contribution >= 0.6 is 0 Å². The molecule has 1 aromatic rings. The Balaban J connectivity index is 2.28. The van der Waals surface area contributed by atoms with Crippen LogP contribution in [0, 0.1) is 0 Å². The highest BCUT2D eigenvalue weighted by atomic mass is 32.2. The number of rotatable bonds is 4. The molecular formula is C12H17N3O3S. The molecule has 0 aromatic heterocycles. The lowest BCUT2D eigenvalue weighted by atomic mass is 10.2. The highest BCUT2D eigenvalue weighted by Crippen LogP contribution is 2.31. The van der Waals surface area contributed by atoms with E-state index in [0.717, 1.165) is 10.8 Å². The molecule has 0 aliphatic carbocycles. The van der Waals surface area contributed by atoms with E-state index in [1.165, 1.54) is 18.2 Å². The fourth-order valence-electron chi connectivity index (χ4n) is 2.04. The van der Waals surface area contributed by atoms with E-state index < -0.39 is 15.9 Å². The fourth-order valence-corrected chi connectivity index (χ4v) is 3.69. The fraction of sp³-hybridized carbons (Fsp3) is 0.417. The van der Waals surface area contributed by atoms with Crippen LogP contribution in [0.5, 0.6) is 0 Å². The van der Waals surface area contributed by atoms with E-state index in [0.29, 0.717) is 12.1 Å². The first-order valence-corrected chi connectivity index (χ1v) is 7.39. The molecule has 19 heavy (non-hydrogen) atoms. The number of carbonyl (C=O) groups excluding carboxylic acids is 1. The molecule has 7 heteroatoms. The van der Waals surface area contributed by atoms with Gasteiger partial charge in [0, 0.05) is 12.2 Å². The topological polar surface area (TPSA) is 83.7 Å². The Morgan fingerprint density at radius 3 is 2.63 bits per heavy atom. The Hall–Kier alpha value is -1.60. The minimum atomic E-state index is -3.73. The zero-order valence-corrected chi connectivity index (χ0v) is 11.8. The lowest BCUT2D eigenvalue weighted by Gasteiger charge is -2.16. The first-order chi connectivity index (χ1) is 8.84. The van der Waals surface area contributed by atoms with Crippen LogP contribution in [-0.4, -0.2) is 50.7 Å². The lowest BCUT2D eigenvalue weighted by molar-refractivity contribution is 0.0868. The van der Waals surface area contributed by atoms with E-state index in [1.54, 1.807) is 0 Å². The summed E-state index contributed by atoms with van der Waals surface area (Å²) < 4.78 is 25.4. The standard InChI is InChI=1S/C12H17N3O3S/c1-14(2)6-3-7-15-12(16)10-5-4-9(13)8-11(10)19(15,17)18/h4-5,8H,3,6-7,13H2,1-2H3. The van der Waals surface area contributed by atoms with Crippen molar-refractivity contribution in [2.24, 2.45) is 0 Å². The van der Waals surface area contributed by atoms with E-state index in [1.807, 2.05) is 19.0 Å². The van der Waals surface area contributed by atoms with E-state index in [4.69, 9.17) is 5.73 Å². The maximum atomic E-state index is 12.3. The van der Waals surface area contributed by atoms with Crippen LogP contribution in [0.3, 0.4) is 0 Å². The highest BCUT2D eigenvalue weighted by Gasteiger charge is 2.40. The molecule has 104 valence electrons. The second kappa shape index (κ2) is 4.82. The largest absolute Gasteiger partial charge is 0.399 e. The summed E-state index contributed by atoms with van der Waals surface area (Å²) in [6.07, 6.45) is 0.599. The maximum absolute atomic E-state index is 12.3. The van der Waals surface area contributed by atoms with E-state index in [2.05, 4.69) is 0 Å². The molecule has 1 aliphatic heterocycles. The summed E-state index contributed by atoms with van der Waals surface area (Å²) in [5.41, 5.74) is 6.13. The monoisotopic (exact) mass is 283 g/mol. The first kappa shape index (κ1) is 13.8. The Kier molecular flexibility index (Phi) is 3.51. The summed E-state index contributed by atoms with van der Waals surface area (Å²) in [4.78, 5) is 14.1. The molecule has 0 fully saturated rings. The van der Waals surface area contributed by atoms with E-state index >= 15 is 0 Å². The number of nitrogen functional groups attached to an aromatic ring is 1. The molecule has 0 spiro atoms. The molecule has 0 bridgehead atoms. The third-order valence-corrected chi connectivity index (χ3v) is 4.82. The van der Waals surface area contributed by atoms with E-state index in [9.17, 15) is 13.2 Å². The normalized spacial score (nSPS) is 17.0. The number of carbonyl (C=O) groups is 1. The SMILES string of the molecule is CN(C)CCCN1C(=O)c2ccc(N)cc2S1(=O)=O. The van der Waals surface area contributed by atoms with Crippen molar-refractivity contribution in [1.29, 1.82) is 0 Å². The van der Waals surface area contributed by atoms with Gasteiger partial charge in [0.1, 0.15) is 4.90 Å². The summed E-state index contributed by atoms with van der Waals surface area (Å²) in [7, 11) is 0.0664. The van der Waals surface area contributed by atoms with Gasteiger partial charge in [0.25, 0.3) is 15.9 Å². The van der Waals surface area contributed by atoms with Gasteiger partial charge >= 0.3 is 0 Å². The molecule has 0 unspecified atom stereocenters. The van der Waals surface area contributed by atoms with Gasteiger partial charge in [0.05, 0.1) is 5.56 Å². The van der Waals surface area contributed by atoms with Gasteiger partial charge in [-0.1, -0.05) is 0 Å². The summed E-state index contributed by atoms with van der Waals surface area (Å²) in [5.74, 6) is -0.464. The molecule has 0 atom stereocenters. The highest BCUT2D eigenvalue weighted by molar-refractivity contribution is 7.90. The Morgan fingerprint density at radius 1 is 1.32 bits per heavy atom. The van der Waals surface area contributed by atoms with Gasteiger partial charge in [-0.15, -0.1) is 0 Å². The number of sulfonamides is 1. The molecule has 1 aliphatic rings. The van der Waals surface area contributed by atoms with Crippen LogP contribution in [0.25, 0.3) is 0 Å². The van der Waals surface area contributed by atoms with Gasteiger partial charge in [-0.25, -0.2) is 12.7 Å². The van der Waals surface area contributed by atoms with Gasteiger partial charge in [0.2, 0.25) is 0 Å². The third kappa shape index (κ3) is 2.43. The molecule has 0 radical (unpaired) electrons. The Morgan fingerprint density at radius 2 is 2.00 bits per heavy atom. The van der Waals surface area contributed by atoms with Crippen LogP contribution in [-0.2, 0) is 10.0 Å². The third-order valence-electron chi connectivity index (χ3n) is 3.00. The summed E-state index contributed by atoms with van der Waals surface area (Å²) in [6, 6.07) is 4.35. The number of amides is 1. The molecule has 0 saturated heterocycles. The van der Waals surface area contributed by atoms with Crippen LogP contribution in [0.4, 0.5) is 5.69 Å². The average Bonchev–Trinajstić information content (AvgIpc) is 2.49. The van der Waals surface area contributed by atoms with Gasteiger partial charge in [-0.05, 0) is 45.3 Å². The van der Waals surface area contributed by atoms with Crippen molar-refractivity contribution in [3.63, 3.8) is 0 Å². The van der Waals surface area contributed by atoms with Gasteiger partial charge in [0.15, 0.2) is 0 Å². The molecule has 1 heterocycles. The summed E-state index contributed by atoms with van der Waals surface area (Å²) in [6.45, 7) is 0.908. The average molecular weight is 283 g/mol. The van der Waals surface area contributed by atoms with Crippen molar-refractivity contribution in [3.8, 4) is 0 Å². The number of fused-ring (bicyclic) bond motifs is 1. The number of benzene rings is 1. The predicted octanol–water partition coefficient (Wildman–Crippen LogP) is 0.365. The van der Waals surface area contributed by atoms with Gasteiger partial charge < -0.3 is 10.6 Å². The first-order valence-electron chi connectivity index (χ1n) is 5.95. The number of anilines is 1. The number of hydrogen-bond acceptors (Lipinski definition) is 5. The molecule has 1 amide bonds. The van der Waals surface area contributed by atoms with Crippen LogP contribution in [0.15, 0.2) is 23.1 Å². The number of nitrogens with two attached hydrogens (primary N) is 1. The zero-order chi connectivity index (χ0) is 14.2. The maximum Gasteiger partial charge on any atom is 0.269 e. The van der Waals surface area contributed by atoms with Crippen molar-refractivity contribution in [2.75, 3.05) is 32.9 Å². The lowest BCUT2D eigenvalue weighted by Crippen LogP contribution is -2.32. The summed E-state index contributed by atoms with van der Waals surface area (Å²) >= 11 is 0. The van der Waals surface area contributed by atoms with E-state index in [-0.39, 0.29) is 17.0 Å². The van der Waals surface area contributed by atoms with Gasteiger partial charge in [-0.2, -0.15) is 0 Å². The van der Waals surface area contributed by atoms with Crippen molar-refractivity contribution in [3.05, 3.63) is 23.8 Å². The number of nitrogens with zero attached hydrogens (tertiary/aromatic N) is 2. The zero-order valence-electron chi connectivity index (χ0n) is 11.0. The number of hydrogen-bond donors (Lipinski definition) is 1. The minimum absolute atomic E-state index is 0.0161. The second-order valence-electron chi connectivity index (χ2n) is 4.79. The molecule has 2 rings (SSSR count). The molecule has 2 N–H and O–H groups in total. The Bertz CT molecular complexity index is 611. The van der Waals surface area contributed by atoms with Crippen LogP contribution in [0.2, 0.25) is 0 Å². The second-order valence-corrected chi connectivity index (χ2v) is 6.63. The molecule has 6 nitrogen and oxygen atoms in total. The van der Waals surface area contributed by atoms with Crippen molar-refractivity contribution < 1.29 is 13.2 Å². The van der Waals surface area contributed by atoms with Gasteiger partial charge in [-0.3, -0.25) is 4.79 Å². The quantitative estimate of drug-likeness (QED) is 0.807. The van der Waals surface area contributed by atoms with Crippen molar-refractivity contribution in [2.45, 2.75) is 11.3 Å². The summed E-state index contributed by atoms with van der Waals surface area (Å²) in [5, 5.41) is 0. The molecule has 0 saturated carbocycles.